The molecule has 1 aliphatic rings. The summed E-state index contributed by atoms with van der Waals surface area (Å²) in [5, 5.41) is 4.08. The summed E-state index contributed by atoms with van der Waals surface area (Å²) >= 11 is 6.38. The number of ether oxygens (including phenoxy) is 1. The lowest BCUT2D eigenvalue weighted by molar-refractivity contribution is 0.0853. The SMILES string of the molecule is CNCCc1ccc(C2CCOCC2)c(Cl)c1. The second-order valence-corrected chi connectivity index (χ2v) is 5.00. The molecule has 0 unspecified atom stereocenters. The summed E-state index contributed by atoms with van der Waals surface area (Å²) in [6.07, 6.45) is 3.22. The van der Waals surface area contributed by atoms with Gasteiger partial charge in [0.05, 0.1) is 0 Å². The smallest absolute Gasteiger partial charge is 0.0471 e. The molecule has 94 valence electrons. The van der Waals surface area contributed by atoms with Crippen LogP contribution < -0.4 is 5.32 Å². The van der Waals surface area contributed by atoms with Crippen molar-refractivity contribution in [2.24, 2.45) is 0 Å². The van der Waals surface area contributed by atoms with Crippen molar-refractivity contribution in [3.05, 3.63) is 34.3 Å². The molecule has 0 aromatic heterocycles. The van der Waals surface area contributed by atoms with Crippen LogP contribution in [0.5, 0.6) is 0 Å². The van der Waals surface area contributed by atoms with Gasteiger partial charge in [-0.05, 0) is 56.0 Å². The van der Waals surface area contributed by atoms with Crippen molar-refractivity contribution < 1.29 is 4.74 Å². The van der Waals surface area contributed by atoms with Gasteiger partial charge < -0.3 is 10.1 Å². The molecule has 1 aromatic rings. The van der Waals surface area contributed by atoms with E-state index in [2.05, 4.69) is 23.5 Å². The lowest BCUT2D eigenvalue weighted by atomic mass is 9.91. The molecule has 3 heteroatoms. The monoisotopic (exact) mass is 253 g/mol. The predicted octanol–water partition coefficient (Wildman–Crippen LogP) is 3.00. The van der Waals surface area contributed by atoms with E-state index in [0.29, 0.717) is 5.92 Å². The summed E-state index contributed by atoms with van der Waals surface area (Å²) in [6, 6.07) is 6.51. The Bertz CT molecular complexity index is 361. The Balaban J connectivity index is 2.07. The quantitative estimate of drug-likeness (QED) is 0.891. The number of hydrogen-bond donors (Lipinski definition) is 1. The molecule has 0 spiro atoms. The molecular weight excluding hydrogens is 234 g/mol. The maximum atomic E-state index is 6.38. The average molecular weight is 254 g/mol. The maximum Gasteiger partial charge on any atom is 0.0471 e. The molecule has 1 N–H and O–H groups in total. The van der Waals surface area contributed by atoms with E-state index in [4.69, 9.17) is 16.3 Å². The third-order valence-corrected chi connectivity index (χ3v) is 3.72. The van der Waals surface area contributed by atoms with Gasteiger partial charge in [-0.25, -0.2) is 0 Å². The highest BCUT2D eigenvalue weighted by molar-refractivity contribution is 6.31. The predicted molar refractivity (Wildman–Crippen MR) is 71.9 cm³/mol. The first kappa shape index (κ1) is 12.9. The van der Waals surface area contributed by atoms with Gasteiger partial charge in [0.25, 0.3) is 0 Å². The third-order valence-electron chi connectivity index (χ3n) is 3.39. The number of hydrogen-bond acceptors (Lipinski definition) is 2. The van der Waals surface area contributed by atoms with Gasteiger partial charge in [-0.1, -0.05) is 23.7 Å². The number of likely N-dealkylation sites (N-methyl/N-ethyl adjacent to an activating group) is 1. The molecule has 0 radical (unpaired) electrons. The highest BCUT2D eigenvalue weighted by Crippen LogP contribution is 2.32. The minimum absolute atomic E-state index is 0.578. The van der Waals surface area contributed by atoms with Crippen molar-refractivity contribution in [1.82, 2.24) is 5.32 Å². The van der Waals surface area contributed by atoms with Crippen LogP contribution in [-0.2, 0) is 11.2 Å². The zero-order valence-electron chi connectivity index (χ0n) is 10.3. The van der Waals surface area contributed by atoms with Crippen LogP contribution in [0.2, 0.25) is 5.02 Å². The summed E-state index contributed by atoms with van der Waals surface area (Å²) in [4.78, 5) is 0. The normalized spacial score (nSPS) is 17.3. The molecule has 1 aromatic carbocycles. The first-order valence-electron chi connectivity index (χ1n) is 6.32. The van der Waals surface area contributed by atoms with E-state index in [1.165, 1.54) is 11.1 Å². The molecule has 0 amide bonds. The second kappa shape index (κ2) is 6.39. The van der Waals surface area contributed by atoms with Gasteiger partial charge in [-0.3, -0.25) is 0 Å². The highest BCUT2D eigenvalue weighted by atomic mass is 35.5. The van der Waals surface area contributed by atoms with Crippen molar-refractivity contribution in [2.45, 2.75) is 25.2 Å². The van der Waals surface area contributed by atoms with Gasteiger partial charge in [0, 0.05) is 18.2 Å². The summed E-state index contributed by atoms with van der Waals surface area (Å²) < 4.78 is 5.39. The second-order valence-electron chi connectivity index (χ2n) is 4.60. The van der Waals surface area contributed by atoms with Crippen molar-refractivity contribution in [3.63, 3.8) is 0 Å². The van der Waals surface area contributed by atoms with Crippen LogP contribution in [0.25, 0.3) is 0 Å². The van der Waals surface area contributed by atoms with Gasteiger partial charge in [0.2, 0.25) is 0 Å². The lowest BCUT2D eigenvalue weighted by Crippen LogP contribution is -2.14. The van der Waals surface area contributed by atoms with Crippen LogP contribution in [0, 0.1) is 0 Å². The molecular formula is C14H20ClNO. The van der Waals surface area contributed by atoms with Crippen LogP contribution in [0.3, 0.4) is 0 Å². The first-order valence-corrected chi connectivity index (χ1v) is 6.69. The Hall–Kier alpha value is -0.570. The fraction of sp³-hybridized carbons (Fsp3) is 0.571. The van der Waals surface area contributed by atoms with Gasteiger partial charge in [0.1, 0.15) is 0 Å². The molecule has 2 rings (SSSR count). The largest absolute Gasteiger partial charge is 0.381 e. The Kier molecular flexibility index (Phi) is 4.84. The van der Waals surface area contributed by atoms with Crippen LogP contribution in [-0.4, -0.2) is 26.8 Å². The molecule has 1 heterocycles. The van der Waals surface area contributed by atoms with Crippen molar-refractivity contribution in [1.29, 1.82) is 0 Å². The van der Waals surface area contributed by atoms with E-state index in [0.717, 1.165) is 44.0 Å². The highest BCUT2D eigenvalue weighted by Gasteiger charge is 2.18. The molecule has 0 atom stereocenters. The van der Waals surface area contributed by atoms with Gasteiger partial charge in [-0.2, -0.15) is 0 Å². The first-order chi connectivity index (χ1) is 8.31. The summed E-state index contributed by atoms with van der Waals surface area (Å²) in [7, 11) is 1.97. The van der Waals surface area contributed by atoms with Crippen LogP contribution >= 0.6 is 11.6 Å². The van der Waals surface area contributed by atoms with Crippen LogP contribution in [0.1, 0.15) is 29.9 Å². The van der Waals surface area contributed by atoms with E-state index in [1.54, 1.807) is 0 Å². The average Bonchev–Trinajstić information content (AvgIpc) is 2.37. The van der Waals surface area contributed by atoms with Gasteiger partial charge in [0.15, 0.2) is 0 Å². The Morgan fingerprint density at radius 3 is 2.76 bits per heavy atom. The van der Waals surface area contributed by atoms with E-state index < -0.39 is 0 Å². The van der Waals surface area contributed by atoms with E-state index in [1.807, 2.05) is 7.05 Å². The van der Waals surface area contributed by atoms with E-state index in [9.17, 15) is 0 Å². The number of halogens is 1. The molecule has 0 bridgehead atoms. The summed E-state index contributed by atoms with van der Waals surface area (Å²) in [5.41, 5.74) is 2.60. The number of rotatable bonds is 4. The fourth-order valence-electron chi connectivity index (χ4n) is 2.34. The Morgan fingerprint density at radius 2 is 2.12 bits per heavy atom. The molecule has 2 nitrogen and oxygen atoms in total. The lowest BCUT2D eigenvalue weighted by Gasteiger charge is -2.23. The Morgan fingerprint density at radius 1 is 1.35 bits per heavy atom. The third kappa shape index (κ3) is 3.44. The van der Waals surface area contributed by atoms with E-state index >= 15 is 0 Å². The molecule has 0 saturated carbocycles. The standard InChI is InChI=1S/C14H20ClNO/c1-16-7-4-11-2-3-13(14(15)10-11)12-5-8-17-9-6-12/h2-3,10,12,16H,4-9H2,1H3. The number of benzene rings is 1. The molecule has 17 heavy (non-hydrogen) atoms. The van der Waals surface area contributed by atoms with Crippen LogP contribution in [0.4, 0.5) is 0 Å². The van der Waals surface area contributed by atoms with Crippen molar-refractivity contribution >= 4 is 11.6 Å². The van der Waals surface area contributed by atoms with Crippen LogP contribution in [0.15, 0.2) is 18.2 Å². The zero-order chi connectivity index (χ0) is 12.1. The zero-order valence-corrected chi connectivity index (χ0v) is 11.1. The Labute approximate surface area is 108 Å². The molecule has 1 fully saturated rings. The molecule has 1 aliphatic heterocycles. The van der Waals surface area contributed by atoms with Crippen molar-refractivity contribution in [2.75, 3.05) is 26.8 Å². The summed E-state index contributed by atoms with van der Waals surface area (Å²) in [5.74, 6) is 0.578. The molecule has 1 saturated heterocycles. The topological polar surface area (TPSA) is 21.3 Å². The minimum Gasteiger partial charge on any atom is -0.381 e. The number of nitrogens with one attached hydrogen (secondary N) is 1. The van der Waals surface area contributed by atoms with Gasteiger partial charge >= 0.3 is 0 Å². The van der Waals surface area contributed by atoms with E-state index in [-0.39, 0.29) is 0 Å². The fourth-order valence-corrected chi connectivity index (χ4v) is 2.69. The van der Waals surface area contributed by atoms with Crippen molar-refractivity contribution in [3.8, 4) is 0 Å². The minimum atomic E-state index is 0.578. The molecule has 0 aliphatic carbocycles. The maximum absolute atomic E-state index is 6.38. The summed E-state index contributed by atoms with van der Waals surface area (Å²) in [6.45, 7) is 2.72. The van der Waals surface area contributed by atoms with Gasteiger partial charge in [-0.15, -0.1) is 0 Å².